The monoisotopic (exact) mass is 177 g/mol. The lowest BCUT2D eigenvalue weighted by Crippen LogP contribution is -2.37. The zero-order chi connectivity index (χ0) is 9.72. The summed E-state index contributed by atoms with van der Waals surface area (Å²) in [5, 5.41) is 25.1. The van der Waals surface area contributed by atoms with Crippen molar-refractivity contribution in [2.24, 2.45) is 5.92 Å². The molecule has 0 aliphatic carbocycles. The van der Waals surface area contributed by atoms with Crippen molar-refractivity contribution >= 4 is 11.9 Å². The van der Waals surface area contributed by atoms with Gasteiger partial charge in [0, 0.05) is 0 Å². The summed E-state index contributed by atoms with van der Waals surface area (Å²) in [7, 11) is 0. The number of carboxylic acids is 2. The highest BCUT2D eigenvalue weighted by Gasteiger charge is 2.22. The highest BCUT2D eigenvalue weighted by molar-refractivity contribution is 5.75. The maximum Gasteiger partial charge on any atom is 0.323 e. The third kappa shape index (κ3) is 3.31. The molecule has 0 bridgehead atoms. The van der Waals surface area contributed by atoms with Crippen molar-refractivity contribution < 1.29 is 25.0 Å². The van der Waals surface area contributed by atoms with Gasteiger partial charge in [0.2, 0.25) is 0 Å². The highest BCUT2D eigenvalue weighted by Crippen LogP contribution is 2.05. The highest BCUT2D eigenvalue weighted by atomic mass is 16.5. The SMILES string of the molecule is CC(C[C@H](NO)C(=O)O)C(=O)O. The van der Waals surface area contributed by atoms with E-state index in [4.69, 9.17) is 15.4 Å². The lowest BCUT2D eigenvalue weighted by molar-refractivity contribution is -0.145. The van der Waals surface area contributed by atoms with E-state index in [1.54, 1.807) is 0 Å². The smallest absolute Gasteiger partial charge is 0.323 e. The van der Waals surface area contributed by atoms with Gasteiger partial charge in [-0.1, -0.05) is 6.92 Å². The van der Waals surface area contributed by atoms with Crippen LogP contribution in [0.2, 0.25) is 0 Å². The summed E-state index contributed by atoms with van der Waals surface area (Å²) < 4.78 is 0. The summed E-state index contributed by atoms with van der Waals surface area (Å²) in [6.45, 7) is 1.37. The molecule has 0 aliphatic heterocycles. The minimum Gasteiger partial charge on any atom is -0.481 e. The number of rotatable bonds is 5. The Labute approximate surface area is 68.8 Å². The van der Waals surface area contributed by atoms with Crippen LogP contribution in [0.15, 0.2) is 0 Å². The van der Waals surface area contributed by atoms with Crippen LogP contribution in [0.5, 0.6) is 0 Å². The van der Waals surface area contributed by atoms with Crippen LogP contribution in [0.4, 0.5) is 0 Å². The second kappa shape index (κ2) is 4.68. The normalized spacial score (nSPS) is 15.2. The van der Waals surface area contributed by atoms with Crippen LogP contribution in [0.3, 0.4) is 0 Å². The van der Waals surface area contributed by atoms with Gasteiger partial charge in [-0.25, -0.2) is 0 Å². The fraction of sp³-hybridized carbons (Fsp3) is 0.667. The van der Waals surface area contributed by atoms with Gasteiger partial charge in [-0.3, -0.25) is 9.59 Å². The molecule has 0 radical (unpaired) electrons. The van der Waals surface area contributed by atoms with E-state index in [2.05, 4.69) is 0 Å². The molecule has 6 nitrogen and oxygen atoms in total. The van der Waals surface area contributed by atoms with Gasteiger partial charge in [-0.05, 0) is 6.42 Å². The molecular formula is C6H11NO5. The second-order valence-electron chi connectivity index (χ2n) is 2.49. The van der Waals surface area contributed by atoms with Gasteiger partial charge >= 0.3 is 11.9 Å². The standard InChI is InChI=1S/C6H11NO5/c1-3(5(8)9)2-4(7-12)6(10)11/h3-4,7,12H,2H2,1H3,(H,8,9)(H,10,11)/t3?,4-/m0/s1. The van der Waals surface area contributed by atoms with E-state index in [1.807, 2.05) is 0 Å². The Kier molecular flexibility index (Phi) is 4.24. The number of aliphatic carboxylic acids is 2. The Morgan fingerprint density at radius 3 is 2.08 bits per heavy atom. The first-order valence-electron chi connectivity index (χ1n) is 3.34. The zero-order valence-corrected chi connectivity index (χ0v) is 6.52. The molecule has 70 valence electrons. The van der Waals surface area contributed by atoms with Crippen LogP contribution in [0.1, 0.15) is 13.3 Å². The quantitative estimate of drug-likeness (QED) is 0.423. The number of carboxylic acid groups (broad SMARTS) is 2. The first-order valence-corrected chi connectivity index (χ1v) is 3.34. The molecule has 12 heavy (non-hydrogen) atoms. The molecular weight excluding hydrogens is 166 g/mol. The molecule has 0 heterocycles. The molecule has 4 N–H and O–H groups in total. The fourth-order valence-electron chi connectivity index (χ4n) is 0.663. The summed E-state index contributed by atoms with van der Waals surface area (Å²) in [6.07, 6.45) is -0.152. The molecule has 0 saturated heterocycles. The second-order valence-corrected chi connectivity index (χ2v) is 2.49. The van der Waals surface area contributed by atoms with E-state index < -0.39 is 23.9 Å². The predicted molar refractivity (Wildman–Crippen MR) is 37.8 cm³/mol. The first kappa shape index (κ1) is 10.9. The average molecular weight is 177 g/mol. The van der Waals surface area contributed by atoms with Crippen LogP contribution >= 0.6 is 0 Å². The van der Waals surface area contributed by atoms with Crippen molar-refractivity contribution in [1.82, 2.24) is 5.48 Å². The van der Waals surface area contributed by atoms with E-state index in [1.165, 1.54) is 12.4 Å². The largest absolute Gasteiger partial charge is 0.481 e. The van der Waals surface area contributed by atoms with Crippen molar-refractivity contribution in [1.29, 1.82) is 0 Å². The van der Waals surface area contributed by atoms with Crippen molar-refractivity contribution in [3.8, 4) is 0 Å². The van der Waals surface area contributed by atoms with Crippen LogP contribution in [0, 0.1) is 5.92 Å². The fourth-order valence-corrected chi connectivity index (χ4v) is 0.663. The minimum absolute atomic E-state index is 0.152. The van der Waals surface area contributed by atoms with Gasteiger partial charge in [0.05, 0.1) is 5.92 Å². The molecule has 0 aromatic rings. The van der Waals surface area contributed by atoms with E-state index in [-0.39, 0.29) is 6.42 Å². The number of hydroxylamine groups is 1. The average Bonchev–Trinajstić information content (AvgIpc) is 1.98. The summed E-state index contributed by atoms with van der Waals surface area (Å²) in [6, 6.07) is -1.23. The molecule has 0 aromatic carbocycles. The summed E-state index contributed by atoms with van der Waals surface area (Å²) in [5.41, 5.74) is 1.52. The zero-order valence-electron chi connectivity index (χ0n) is 6.52. The number of nitrogens with one attached hydrogen (secondary N) is 1. The molecule has 0 fully saturated rings. The maximum atomic E-state index is 10.3. The van der Waals surface area contributed by atoms with Crippen molar-refractivity contribution in [3.63, 3.8) is 0 Å². The summed E-state index contributed by atoms with van der Waals surface area (Å²) in [5.74, 6) is -3.16. The number of carbonyl (C=O) groups is 2. The summed E-state index contributed by atoms with van der Waals surface area (Å²) in [4.78, 5) is 20.5. The van der Waals surface area contributed by atoms with E-state index >= 15 is 0 Å². The van der Waals surface area contributed by atoms with Gasteiger partial charge < -0.3 is 15.4 Å². The molecule has 0 rings (SSSR count). The summed E-state index contributed by atoms with van der Waals surface area (Å²) >= 11 is 0. The van der Waals surface area contributed by atoms with Crippen LogP contribution in [0.25, 0.3) is 0 Å². The molecule has 6 heteroatoms. The van der Waals surface area contributed by atoms with Gasteiger partial charge in [0.25, 0.3) is 0 Å². The molecule has 0 aliphatic rings. The Bertz CT molecular complexity index is 181. The van der Waals surface area contributed by atoms with Gasteiger partial charge in [0.1, 0.15) is 6.04 Å². The van der Waals surface area contributed by atoms with E-state index in [0.717, 1.165) is 0 Å². The maximum absolute atomic E-state index is 10.3. The van der Waals surface area contributed by atoms with Gasteiger partial charge in [0.15, 0.2) is 0 Å². The van der Waals surface area contributed by atoms with Gasteiger partial charge in [-0.2, -0.15) is 5.48 Å². The molecule has 1 unspecified atom stereocenters. The molecule has 0 amide bonds. The van der Waals surface area contributed by atoms with Crippen LogP contribution in [-0.2, 0) is 9.59 Å². The number of hydrogen-bond donors (Lipinski definition) is 4. The number of hydrogen-bond acceptors (Lipinski definition) is 4. The van der Waals surface area contributed by atoms with Crippen LogP contribution < -0.4 is 5.48 Å². The Morgan fingerprint density at radius 2 is 1.83 bits per heavy atom. The molecule has 2 atom stereocenters. The van der Waals surface area contributed by atoms with Crippen LogP contribution in [-0.4, -0.2) is 33.4 Å². The third-order valence-corrected chi connectivity index (χ3v) is 1.46. The minimum atomic E-state index is -1.27. The Hall–Kier alpha value is -1.14. The molecule has 0 aromatic heterocycles. The lowest BCUT2D eigenvalue weighted by Gasteiger charge is -2.12. The van der Waals surface area contributed by atoms with Crippen molar-refractivity contribution in [3.05, 3.63) is 0 Å². The Morgan fingerprint density at radius 1 is 1.33 bits per heavy atom. The topological polar surface area (TPSA) is 107 Å². The molecule has 0 saturated carbocycles. The Balaban J connectivity index is 4.02. The lowest BCUT2D eigenvalue weighted by atomic mass is 10.0. The van der Waals surface area contributed by atoms with Crippen molar-refractivity contribution in [2.45, 2.75) is 19.4 Å². The molecule has 0 spiro atoms. The van der Waals surface area contributed by atoms with Gasteiger partial charge in [-0.15, -0.1) is 0 Å². The first-order chi connectivity index (χ1) is 5.49. The van der Waals surface area contributed by atoms with E-state index in [0.29, 0.717) is 0 Å². The van der Waals surface area contributed by atoms with E-state index in [9.17, 15) is 9.59 Å². The predicted octanol–water partition coefficient (Wildman–Crippen LogP) is -0.471. The third-order valence-electron chi connectivity index (χ3n) is 1.46. The van der Waals surface area contributed by atoms with Crippen molar-refractivity contribution in [2.75, 3.05) is 0 Å².